The zero-order valence-electron chi connectivity index (χ0n) is 52.9. The third-order valence-corrected chi connectivity index (χ3v) is 25.1. The molecule has 0 heterocycles. The molecule has 4 rings (SSSR count). The van der Waals surface area contributed by atoms with Crippen LogP contribution < -0.4 is 34.4 Å². The van der Waals surface area contributed by atoms with Crippen LogP contribution >= 0.6 is 0 Å². The van der Waals surface area contributed by atoms with Crippen LogP contribution in [0.25, 0.3) is 0 Å². The van der Waals surface area contributed by atoms with Crippen LogP contribution in [0, 0.1) is 0 Å². The molecule has 0 spiro atoms. The summed E-state index contributed by atoms with van der Waals surface area (Å²) >= 11 is 0. The topological polar surface area (TPSA) is 104 Å². The fourth-order valence-corrected chi connectivity index (χ4v) is 15.5. The van der Waals surface area contributed by atoms with Gasteiger partial charge in [0.15, 0.2) is 8.32 Å². The molecule has 0 aliphatic carbocycles. The fraction of sp³-hybridized carbons (Fsp3) is 0.642. The second-order valence-electron chi connectivity index (χ2n) is 24.0. The molecule has 0 aliphatic heterocycles. The van der Waals surface area contributed by atoms with Crippen LogP contribution in [-0.2, 0) is 8.85 Å². The van der Waals surface area contributed by atoms with Gasteiger partial charge < -0.3 is 52.6 Å². The highest BCUT2D eigenvalue weighted by molar-refractivity contribution is 6.99. The van der Waals surface area contributed by atoms with E-state index in [-0.39, 0.29) is 34.6 Å². The first-order valence-electron chi connectivity index (χ1n) is 30.9. The van der Waals surface area contributed by atoms with Crippen molar-refractivity contribution in [2.24, 2.45) is 0 Å². The van der Waals surface area contributed by atoms with Crippen LogP contribution in [0.5, 0.6) is 11.5 Å². The molecular formula is C67H116FN3O7Si2. The Balaban J connectivity index is 0.000000713. The van der Waals surface area contributed by atoms with E-state index in [4.69, 9.17) is 33.6 Å². The van der Waals surface area contributed by atoms with Gasteiger partial charge in [-0.05, 0) is 116 Å². The summed E-state index contributed by atoms with van der Waals surface area (Å²) in [6.07, 6.45) is 15.6. The summed E-state index contributed by atoms with van der Waals surface area (Å²) in [7, 11) is -4.25. The summed E-state index contributed by atoms with van der Waals surface area (Å²) in [6.45, 7) is 41.6. The predicted molar refractivity (Wildman–Crippen MR) is 344 cm³/mol. The minimum absolute atomic E-state index is 0. The summed E-state index contributed by atoms with van der Waals surface area (Å²) < 4.78 is 26.8. The minimum Gasteiger partial charge on any atom is -1.00 e. The lowest BCUT2D eigenvalue weighted by molar-refractivity contribution is -0.929. The Morgan fingerprint density at radius 1 is 0.425 bits per heavy atom. The fourth-order valence-electron chi connectivity index (χ4n) is 9.85. The summed E-state index contributed by atoms with van der Waals surface area (Å²) in [5.41, 5.74) is 2.12. The third-order valence-electron chi connectivity index (χ3n) is 15.5. The Morgan fingerprint density at radius 2 is 0.838 bits per heavy atom. The molecule has 80 heavy (non-hydrogen) atoms. The number of benzene rings is 4. The quantitative estimate of drug-likeness (QED) is 0.0230. The normalized spacial score (nSPS) is 11.9. The van der Waals surface area contributed by atoms with E-state index in [1.165, 1.54) is 98.1 Å². The number of ether oxygens (including phenoxy) is 2. The summed E-state index contributed by atoms with van der Waals surface area (Å²) in [5, 5.41) is 29.6. The van der Waals surface area contributed by atoms with Gasteiger partial charge in [-0.1, -0.05) is 175 Å². The predicted octanol–water partition coefficient (Wildman–Crippen LogP) is 11.3. The smallest absolute Gasteiger partial charge is 0.261 e. The van der Waals surface area contributed by atoms with Gasteiger partial charge in [-0.15, -0.1) is 0 Å². The molecule has 456 valence electrons. The number of aliphatic hydroxyl groups excluding tert-OH is 3. The van der Waals surface area contributed by atoms with Crippen molar-refractivity contribution in [1.82, 2.24) is 0 Å². The first kappa shape index (κ1) is 74.2. The molecular weight excluding hydrogens is 1030 g/mol. The van der Waals surface area contributed by atoms with E-state index in [1.807, 2.05) is 29.2 Å². The lowest BCUT2D eigenvalue weighted by Gasteiger charge is -2.43. The van der Waals surface area contributed by atoms with Crippen LogP contribution in [0.2, 0.25) is 23.2 Å². The van der Waals surface area contributed by atoms with Crippen molar-refractivity contribution in [3.8, 4) is 11.5 Å². The largest absolute Gasteiger partial charge is 1.00 e. The number of anilines is 2. The molecule has 0 unspecified atom stereocenters. The monoisotopic (exact) mass is 1150 g/mol. The lowest BCUT2D eigenvalue weighted by Crippen LogP contribution is -3.00. The summed E-state index contributed by atoms with van der Waals surface area (Å²) in [6, 6.07) is 37.9. The average Bonchev–Trinajstić information content (AvgIpc) is 3.49. The SMILES string of the molecule is CCCC[N+](CCCC)(CCCC)CCCC.CCCN(CCO[Si](C)(C)C(C)(C)C)c1cccc(OCCCCO[Si](c2ccccc2)(c2ccccc2)C(C)(C)C)c1.OCCCCOc1cccc(N(CCO)CCO)c1.[F-]. The maximum atomic E-state index is 9.02. The van der Waals surface area contributed by atoms with E-state index in [2.05, 4.69) is 179 Å². The van der Waals surface area contributed by atoms with Crippen LogP contribution in [0.15, 0.2) is 109 Å². The van der Waals surface area contributed by atoms with Gasteiger partial charge in [-0.2, -0.15) is 0 Å². The minimum atomic E-state index is -2.49. The van der Waals surface area contributed by atoms with E-state index in [0.29, 0.717) is 26.3 Å². The van der Waals surface area contributed by atoms with Gasteiger partial charge >= 0.3 is 0 Å². The molecule has 0 aromatic heterocycles. The molecule has 0 radical (unpaired) electrons. The standard InChI is InChI=1S/C37H57NO3Si2.C16H36N.C14H23NO4.FH/c1-10-26-38(27-30-40-42(8,9)36(2,3)4)32-20-19-21-33(31-32)39-28-17-18-29-41-43(37(5,6)7,34-22-13-11-14-23-34)35-24-15-12-16-25-35;1-5-9-13-17(14-10-6-2,15-11-7-3)16-12-8-4;16-8-1-2-11-19-14-5-3-4-13(12-14)15(6-9-17)7-10-18;/h11-16,19-25,31H,10,17-18,26-30H2,1-9H3;5-16H2,1-4H3;3-5,12,16-18H,1-2,6-11H2;1H/q;+1;;/p-1. The molecule has 3 N–H and O–H groups in total. The number of hydrogen-bond donors (Lipinski definition) is 3. The molecule has 10 nitrogen and oxygen atoms in total. The molecule has 0 bridgehead atoms. The van der Waals surface area contributed by atoms with Crippen LogP contribution in [0.3, 0.4) is 0 Å². The molecule has 0 atom stereocenters. The zero-order chi connectivity index (χ0) is 58.5. The highest BCUT2D eigenvalue weighted by Crippen LogP contribution is 2.38. The summed E-state index contributed by atoms with van der Waals surface area (Å²) in [5.74, 6) is 1.69. The number of rotatable bonds is 38. The number of hydrogen-bond acceptors (Lipinski definition) is 9. The first-order valence-corrected chi connectivity index (χ1v) is 35.7. The number of halogens is 1. The van der Waals surface area contributed by atoms with E-state index in [1.54, 1.807) is 0 Å². The zero-order valence-corrected chi connectivity index (χ0v) is 54.9. The second kappa shape index (κ2) is 41.2. The molecule has 0 aliphatic rings. The highest BCUT2D eigenvalue weighted by Gasteiger charge is 2.50. The molecule has 0 amide bonds. The van der Waals surface area contributed by atoms with Crippen molar-refractivity contribution < 1.29 is 42.8 Å². The lowest BCUT2D eigenvalue weighted by atomic mass is 10.1. The van der Waals surface area contributed by atoms with E-state index in [0.717, 1.165) is 75.6 Å². The van der Waals surface area contributed by atoms with Gasteiger partial charge in [0, 0.05) is 62.9 Å². The molecule has 4 aromatic carbocycles. The molecule has 13 heteroatoms. The van der Waals surface area contributed by atoms with Gasteiger partial charge in [0.25, 0.3) is 8.32 Å². The number of unbranched alkanes of at least 4 members (excludes halogenated alkanes) is 6. The van der Waals surface area contributed by atoms with Crippen molar-refractivity contribution in [2.45, 2.75) is 183 Å². The van der Waals surface area contributed by atoms with E-state index in [9.17, 15) is 0 Å². The molecule has 0 fully saturated rings. The Bertz CT molecular complexity index is 2020. The van der Waals surface area contributed by atoms with Crippen molar-refractivity contribution in [3.63, 3.8) is 0 Å². The highest BCUT2D eigenvalue weighted by atomic mass is 28.4. The van der Waals surface area contributed by atoms with Crippen molar-refractivity contribution in [2.75, 3.05) is 108 Å². The van der Waals surface area contributed by atoms with Crippen LogP contribution in [0.1, 0.15) is 160 Å². The molecule has 4 aromatic rings. The maximum Gasteiger partial charge on any atom is 0.261 e. The Hall–Kier alpha value is -3.80. The van der Waals surface area contributed by atoms with Crippen molar-refractivity contribution in [3.05, 3.63) is 109 Å². The van der Waals surface area contributed by atoms with Crippen molar-refractivity contribution in [1.29, 1.82) is 0 Å². The van der Waals surface area contributed by atoms with Gasteiger partial charge in [-0.25, -0.2) is 0 Å². The van der Waals surface area contributed by atoms with Crippen molar-refractivity contribution >= 4 is 38.4 Å². The third kappa shape index (κ3) is 26.6. The van der Waals surface area contributed by atoms with Gasteiger partial charge in [-0.3, -0.25) is 0 Å². The summed E-state index contributed by atoms with van der Waals surface area (Å²) in [4.78, 5) is 4.33. The molecule has 0 saturated carbocycles. The average molecular weight is 1150 g/mol. The second-order valence-corrected chi connectivity index (χ2v) is 33.1. The first-order chi connectivity index (χ1) is 37.9. The van der Waals surface area contributed by atoms with Gasteiger partial charge in [0.2, 0.25) is 0 Å². The van der Waals surface area contributed by atoms with Crippen LogP contribution in [-0.4, -0.2) is 135 Å². The Morgan fingerprint density at radius 3 is 1.21 bits per heavy atom. The van der Waals surface area contributed by atoms with Crippen LogP contribution in [0.4, 0.5) is 11.4 Å². The van der Waals surface area contributed by atoms with E-state index >= 15 is 0 Å². The number of quaternary nitrogens is 1. The van der Waals surface area contributed by atoms with E-state index < -0.39 is 16.6 Å². The maximum absolute atomic E-state index is 9.02. The molecule has 0 saturated heterocycles. The van der Waals surface area contributed by atoms with Gasteiger partial charge in [0.05, 0.1) is 59.2 Å². The Labute approximate surface area is 490 Å². The Kier molecular flexibility index (Phi) is 38.3. The van der Waals surface area contributed by atoms with Gasteiger partial charge in [0.1, 0.15) is 11.5 Å². The number of nitrogens with zero attached hydrogens (tertiary/aromatic N) is 3. The number of aliphatic hydroxyl groups is 3.